The van der Waals surface area contributed by atoms with Crippen molar-refractivity contribution in [3.63, 3.8) is 0 Å². The zero-order valence-corrected chi connectivity index (χ0v) is 10.1. The van der Waals surface area contributed by atoms with Crippen molar-refractivity contribution < 1.29 is 14.3 Å². The normalized spacial score (nSPS) is 10.4. The topological polar surface area (TPSA) is 63.1 Å². The number of carboxylic acids is 1. The fourth-order valence-electron chi connectivity index (χ4n) is 1.64. The molecular weight excluding hydrogens is 259 g/mol. The van der Waals surface area contributed by atoms with Crippen molar-refractivity contribution in [1.82, 2.24) is 9.97 Å². The molecular formula is C12H8ClFN2O2. The lowest BCUT2D eigenvalue weighted by molar-refractivity contribution is 0.0696. The molecule has 92 valence electrons. The van der Waals surface area contributed by atoms with Crippen LogP contribution in [0, 0.1) is 12.7 Å². The number of nitrogens with zero attached hydrogens (tertiary/aromatic N) is 2. The third kappa shape index (κ3) is 2.31. The van der Waals surface area contributed by atoms with Gasteiger partial charge in [0.15, 0.2) is 0 Å². The standard InChI is InChI=1S/C12H8ClFN2O2/c1-6-9(11(17)18)10(16-12(13)15-6)7-3-2-4-8(14)5-7/h2-5H,1H3,(H,17,18). The summed E-state index contributed by atoms with van der Waals surface area (Å²) in [5.41, 5.74) is 0.617. The molecule has 1 aromatic heterocycles. The summed E-state index contributed by atoms with van der Waals surface area (Å²) in [4.78, 5) is 18.9. The summed E-state index contributed by atoms with van der Waals surface area (Å²) in [5, 5.41) is 9.08. The lowest BCUT2D eigenvalue weighted by Gasteiger charge is -2.08. The number of carbonyl (C=O) groups is 1. The van der Waals surface area contributed by atoms with Crippen molar-refractivity contribution in [2.75, 3.05) is 0 Å². The number of carboxylic acid groups (broad SMARTS) is 1. The Hall–Kier alpha value is -2.01. The Bertz CT molecular complexity index is 631. The second kappa shape index (κ2) is 4.70. The van der Waals surface area contributed by atoms with Crippen molar-refractivity contribution in [3.8, 4) is 11.3 Å². The lowest BCUT2D eigenvalue weighted by atomic mass is 10.0. The van der Waals surface area contributed by atoms with Crippen LogP contribution in [0.1, 0.15) is 16.1 Å². The maximum atomic E-state index is 13.2. The van der Waals surface area contributed by atoms with Gasteiger partial charge < -0.3 is 5.11 Å². The number of hydrogen-bond acceptors (Lipinski definition) is 3. The first-order chi connectivity index (χ1) is 8.49. The van der Waals surface area contributed by atoms with Crippen LogP contribution in [0.25, 0.3) is 11.3 Å². The summed E-state index contributed by atoms with van der Waals surface area (Å²) in [6.07, 6.45) is 0. The molecule has 0 radical (unpaired) electrons. The van der Waals surface area contributed by atoms with Crippen LogP contribution >= 0.6 is 11.6 Å². The maximum absolute atomic E-state index is 13.2. The smallest absolute Gasteiger partial charge is 0.339 e. The van der Waals surface area contributed by atoms with Crippen molar-refractivity contribution in [2.24, 2.45) is 0 Å². The molecule has 0 spiro atoms. The molecule has 0 aliphatic rings. The van der Waals surface area contributed by atoms with Gasteiger partial charge in [0, 0.05) is 5.56 Å². The number of rotatable bonds is 2. The highest BCUT2D eigenvalue weighted by molar-refractivity contribution is 6.28. The molecule has 1 N–H and O–H groups in total. The van der Waals surface area contributed by atoms with E-state index >= 15 is 0 Å². The van der Waals surface area contributed by atoms with Crippen molar-refractivity contribution in [3.05, 3.63) is 46.6 Å². The molecule has 0 unspecified atom stereocenters. The van der Waals surface area contributed by atoms with E-state index in [1.54, 1.807) is 6.07 Å². The van der Waals surface area contributed by atoms with E-state index in [1.165, 1.54) is 25.1 Å². The summed E-state index contributed by atoms with van der Waals surface area (Å²) in [6.45, 7) is 1.51. The predicted molar refractivity (Wildman–Crippen MR) is 64.1 cm³/mol. The van der Waals surface area contributed by atoms with E-state index in [9.17, 15) is 9.18 Å². The van der Waals surface area contributed by atoms with Gasteiger partial charge in [-0.15, -0.1) is 0 Å². The van der Waals surface area contributed by atoms with E-state index in [2.05, 4.69) is 9.97 Å². The molecule has 6 heteroatoms. The molecule has 0 amide bonds. The van der Waals surface area contributed by atoms with Crippen molar-refractivity contribution >= 4 is 17.6 Å². The van der Waals surface area contributed by atoms with E-state index in [1.807, 2.05) is 0 Å². The van der Waals surface area contributed by atoms with Gasteiger partial charge in [0.1, 0.15) is 11.4 Å². The van der Waals surface area contributed by atoms with Crippen molar-refractivity contribution in [2.45, 2.75) is 6.92 Å². The molecule has 18 heavy (non-hydrogen) atoms. The van der Waals surface area contributed by atoms with Crippen LogP contribution in [0.3, 0.4) is 0 Å². The Morgan fingerprint density at radius 1 is 1.39 bits per heavy atom. The molecule has 0 fully saturated rings. The third-order valence-corrected chi connectivity index (χ3v) is 2.54. The molecule has 4 nitrogen and oxygen atoms in total. The van der Waals surface area contributed by atoms with E-state index in [4.69, 9.17) is 16.7 Å². The molecule has 0 bridgehead atoms. The third-order valence-electron chi connectivity index (χ3n) is 2.37. The Morgan fingerprint density at radius 3 is 2.72 bits per heavy atom. The highest BCUT2D eigenvalue weighted by Crippen LogP contribution is 2.25. The molecule has 0 aliphatic carbocycles. The average molecular weight is 267 g/mol. The van der Waals surface area contributed by atoms with Gasteiger partial charge in [0.05, 0.1) is 11.4 Å². The summed E-state index contributed by atoms with van der Waals surface area (Å²) in [5.74, 6) is -1.65. The van der Waals surface area contributed by atoms with Crippen LogP contribution in [0.4, 0.5) is 4.39 Å². The Kier molecular flexibility index (Phi) is 3.25. The van der Waals surface area contributed by atoms with Crippen LogP contribution in [0.2, 0.25) is 5.28 Å². The lowest BCUT2D eigenvalue weighted by Crippen LogP contribution is -2.07. The maximum Gasteiger partial charge on any atom is 0.339 e. The summed E-state index contributed by atoms with van der Waals surface area (Å²) in [6, 6.07) is 5.50. The van der Waals surface area contributed by atoms with Crippen LogP contribution in [-0.2, 0) is 0 Å². The van der Waals surface area contributed by atoms with Gasteiger partial charge >= 0.3 is 5.97 Å². The minimum absolute atomic E-state index is 0.0724. The van der Waals surface area contributed by atoms with Gasteiger partial charge in [-0.1, -0.05) is 12.1 Å². The predicted octanol–water partition coefficient (Wildman–Crippen LogP) is 2.94. The zero-order chi connectivity index (χ0) is 13.3. The first kappa shape index (κ1) is 12.4. The Morgan fingerprint density at radius 2 is 2.11 bits per heavy atom. The quantitative estimate of drug-likeness (QED) is 0.849. The Labute approximate surface area is 107 Å². The monoisotopic (exact) mass is 266 g/mol. The van der Waals surface area contributed by atoms with Crippen LogP contribution < -0.4 is 0 Å². The molecule has 0 saturated heterocycles. The second-order valence-electron chi connectivity index (χ2n) is 3.62. The summed E-state index contributed by atoms with van der Waals surface area (Å²) >= 11 is 5.71. The number of halogens is 2. The van der Waals surface area contributed by atoms with Gasteiger partial charge in [-0.3, -0.25) is 0 Å². The van der Waals surface area contributed by atoms with Gasteiger partial charge in [-0.25, -0.2) is 19.2 Å². The molecule has 0 aliphatic heterocycles. The fraction of sp³-hybridized carbons (Fsp3) is 0.0833. The van der Waals surface area contributed by atoms with E-state index in [0.29, 0.717) is 5.56 Å². The number of benzene rings is 1. The fourth-order valence-corrected chi connectivity index (χ4v) is 1.85. The molecule has 2 rings (SSSR count). The number of aromatic nitrogens is 2. The van der Waals surface area contributed by atoms with E-state index in [0.717, 1.165) is 0 Å². The number of aryl methyl sites for hydroxylation is 1. The van der Waals surface area contributed by atoms with Gasteiger partial charge in [0.25, 0.3) is 0 Å². The minimum Gasteiger partial charge on any atom is -0.478 e. The number of hydrogen-bond donors (Lipinski definition) is 1. The minimum atomic E-state index is -1.18. The van der Waals surface area contributed by atoms with Gasteiger partial charge in [-0.2, -0.15) is 0 Å². The zero-order valence-electron chi connectivity index (χ0n) is 9.32. The molecule has 1 heterocycles. The molecule has 1 aromatic carbocycles. The molecule has 2 aromatic rings. The summed E-state index contributed by atoms with van der Waals surface area (Å²) < 4.78 is 13.2. The first-order valence-corrected chi connectivity index (χ1v) is 5.40. The van der Waals surface area contributed by atoms with Crippen LogP contribution in [-0.4, -0.2) is 21.0 Å². The Balaban J connectivity index is 2.73. The van der Waals surface area contributed by atoms with Crippen LogP contribution in [0.5, 0.6) is 0 Å². The van der Waals surface area contributed by atoms with Crippen molar-refractivity contribution in [1.29, 1.82) is 0 Å². The van der Waals surface area contributed by atoms with Crippen LogP contribution in [0.15, 0.2) is 24.3 Å². The highest BCUT2D eigenvalue weighted by Gasteiger charge is 2.18. The van der Waals surface area contributed by atoms with E-state index < -0.39 is 11.8 Å². The molecule has 0 saturated carbocycles. The first-order valence-electron chi connectivity index (χ1n) is 5.02. The SMILES string of the molecule is Cc1nc(Cl)nc(-c2cccc(F)c2)c1C(=O)O. The number of aromatic carboxylic acids is 1. The summed E-state index contributed by atoms with van der Waals surface area (Å²) in [7, 11) is 0. The highest BCUT2D eigenvalue weighted by atomic mass is 35.5. The van der Waals surface area contributed by atoms with Gasteiger partial charge in [-0.05, 0) is 30.7 Å². The largest absolute Gasteiger partial charge is 0.478 e. The van der Waals surface area contributed by atoms with E-state index in [-0.39, 0.29) is 22.2 Å². The second-order valence-corrected chi connectivity index (χ2v) is 3.96. The van der Waals surface area contributed by atoms with Gasteiger partial charge in [0.2, 0.25) is 5.28 Å². The average Bonchev–Trinajstić information content (AvgIpc) is 2.27. The molecule has 0 atom stereocenters.